The van der Waals surface area contributed by atoms with Crippen LogP contribution >= 0.6 is 0 Å². The highest BCUT2D eigenvalue weighted by Gasteiger charge is 2.30. The average Bonchev–Trinajstić information content (AvgIpc) is 2.87. The average molecular weight is 277 g/mol. The summed E-state index contributed by atoms with van der Waals surface area (Å²) in [5, 5.41) is 3.81. The Kier molecular flexibility index (Phi) is 2.85. The van der Waals surface area contributed by atoms with Gasteiger partial charge in [-0.2, -0.15) is 13.2 Å². The molecule has 20 heavy (non-hydrogen) atoms. The number of fused-ring (bicyclic) bond motifs is 1. The van der Waals surface area contributed by atoms with Crippen LogP contribution in [0.4, 0.5) is 24.5 Å². The molecule has 0 aliphatic heterocycles. The van der Waals surface area contributed by atoms with Gasteiger partial charge in [0.05, 0.1) is 11.3 Å². The maximum Gasteiger partial charge on any atom is 0.416 e. The zero-order valence-electron chi connectivity index (χ0n) is 10.2. The molecule has 0 saturated heterocycles. The fourth-order valence-electron chi connectivity index (χ4n) is 2.00. The Morgan fingerprint density at radius 3 is 2.75 bits per heavy atom. The van der Waals surface area contributed by atoms with Crippen molar-refractivity contribution in [3.05, 3.63) is 54.4 Å². The maximum atomic E-state index is 12.7. The van der Waals surface area contributed by atoms with Crippen LogP contribution in [0.1, 0.15) is 5.56 Å². The van der Waals surface area contributed by atoms with Crippen molar-refractivity contribution in [3.8, 4) is 0 Å². The highest BCUT2D eigenvalue weighted by molar-refractivity contribution is 5.91. The molecule has 3 aromatic rings. The summed E-state index contributed by atoms with van der Waals surface area (Å²) in [6.07, 6.45) is -1.02. The van der Waals surface area contributed by atoms with Gasteiger partial charge in [-0.1, -0.05) is 6.07 Å². The molecule has 0 spiro atoms. The molecule has 2 aromatic heterocycles. The summed E-state index contributed by atoms with van der Waals surface area (Å²) in [5.74, 6) is 0. The van der Waals surface area contributed by atoms with Crippen molar-refractivity contribution in [2.45, 2.75) is 6.18 Å². The molecule has 3 rings (SSSR count). The van der Waals surface area contributed by atoms with E-state index in [1.807, 2.05) is 6.07 Å². The Hall–Kier alpha value is -2.50. The molecule has 0 amide bonds. The van der Waals surface area contributed by atoms with Gasteiger partial charge >= 0.3 is 6.18 Å². The third-order valence-electron chi connectivity index (χ3n) is 2.93. The predicted molar refractivity (Wildman–Crippen MR) is 70.8 cm³/mol. The van der Waals surface area contributed by atoms with E-state index in [1.54, 1.807) is 24.5 Å². The third-order valence-corrected chi connectivity index (χ3v) is 2.93. The molecule has 0 atom stereocenters. The molecule has 0 saturated carbocycles. The van der Waals surface area contributed by atoms with Crippen LogP contribution in [0.25, 0.3) is 11.0 Å². The van der Waals surface area contributed by atoms with Crippen LogP contribution in [-0.2, 0) is 6.18 Å². The second-order valence-corrected chi connectivity index (χ2v) is 4.30. The summed E-state index contributed by atoms with van der Waals surface area (Å²) in [4.78, 5) is 7.07. The van der Waals surface area contributed by atoms with Gasteiger partial charge in [-0.25, -0.2) is 4.98 Å². The highest BCUT2D eigenvalue weighted by Crippen LogP contribution is 2.32. The van der Waals surface area contributed by atoms with Gasteiger partial charge in [0.25, 0.3) is 0 Å². The second kappa shape index (κ2) is 4.56. The SMILES string of the molecule is FC(F)(F)c1cccc(Nc2ccnc3[nH]ccc23)c1. The van der Waals surface area contributed by atoms with E-state index in [1.165, 1.54) is 6.07 Å². The number of nitrogens with zero attached hydrogens (tertiary/aromatic N) is 1. The third kappa shape index (κ3) is 2.32. The van der Waals surface area contributed by atoms with E-state index >= 15 is 0 Å². The lowest BCUT2D eigenvalue weighted by Crippen LogP contribution is -2.05. The topological polar surface area (TPSA) is 40.7 Å². The fourth-order valence-corrected chi connectivity index (χ4v) is 2.00. The first-order chi connectivity index (χ1) is 9.54. The Morgan fingerprint density at radius 1 is 1.10 bits per heavy atom. The molecule has 3 nitrogen and oxygen atoms in total. The van der Waals surface area contributed by atoms with Crippen molar-refractivity contribution in [2.75, 3.05) is 5.32 Å². The van der Waals surface area contributed by atoms with Crippen LogP contribution in [-0.4, -0.2) is 9.97 Å². The number of aromatic amines is 1. The van der Waals surface area contributed by atoms with E-state index < -0.39 is 11.7 Å². The summed E-state index contributed by atoms with van der Waals surface area (Å²) < 4.78 is 38.0. The van der Waals surface area contributed by atoms with Crippen LogP contribution in [0.3, 0.4) is 0 Å². The number of pyridine rings is 1. The molecule has 102 valence electrons. The summed E-state index contributed by atoms with van der Waals surface area (Å²) in [6, 6.07) is 8.63. The van der Waals surface area contributed by atoms with Gasteiger partial charge in [0.1, 0.15) is 5.65 Å². The van der Waals surface area contributed by atoms with Crippen molar-refractivity contribution in [3.63, 3.8) is 0 Å². The lowest BCUT2D eigenvalue weighted by atomic mass is 10.2. The first kappa shape index (κ1) is 12.5. The number of aromatic nitrogens is 2. The number of rotatable bonds is 2. The van der Waals surface area contributed by atoms with E-state index in [-0.39, 0.29) is 0 Å². The number of benzene rings is 1. The van der Waals surface area contributed by atoms with Gasteiger partial charge in [-0.05, 0) is 30.3 Å². The van der Waals surface area contributed by atoms with Crippen LogP contribution in [0.2, 0.25) is 0 Å². The van der Waals surface area contributed by atoms with E-state index in [0.717, 1.165) is 17.5 Å². The first-order valence-electron chi connectivity index (χ1n) is 5.90. The fraction of sp³-hybridized carbons (Fsp3) is 0.0714. The van der Waals surface area contributed by atoms with E-state index in [2.05, 4.69) is 15.3 Å². The summed E-state index contributed by atoms with van der Waals surface area (Å²) in [7, 11) is 0. The second-order valence-electron chi connectivity index (χ2n) is 4.30. The Morgan fingerprint density at radius 2 is 1.95 bits per heavy atom. The molecule has 0 fully saturated rings. The standard InChI is InChI=1S/C14H10F3N3/c15-14(16,17)9-2-1-3-10(8-9)20-12-5-7-19-13-11(12)4-6-18-13/h1-8H,(H2,18,19,20). The zero-order chi connectivity index (χ0) is 14.2. The lowest BCUT2D eigenvalue weighted by molar-refractivity contribution is -0.137. The molecular formula is C14H10F3N3. The van der Waals surface area contributed by atoms with Crippen molar-refractivity contribution in [1.82, 2.24) is 9.97 Å². The van der Waals surface area contributed by atoms with Crippen molar-refractivity contribution < 1.29 is 13.2 Å². The maximum absolute atomic E-state index is 12.7. The Balaban J connectivity index is 1.97. The molecule has 0 unspecified atom stereocenters. The monoisotopic (exact) mass is 277 g/mol. The molecule has 6 heteroatoms. The van der Waals surface area contributed by atoms with Gasteiger partial charge in [0.15, 0.2) is 0 Å². The van der Waals surface area contributed by atoms with Gasteiger partial charge in [-0.3, -0.25) is 0 Å². The van der Waals surface area contributed by atoms with Gasteiger partial charge < -0.3 is 10.3 Å². The minimum absolute atomic E-state index is 0.383. The van der Waals surface area contributed by atoms with Gasteiger partial charge in [-0.15, -0.1) is 0 Å². The van der Waals surface area contributed by atoms with Gasteiger partial charge in [0, 0.05) is 23.5 Å². The van der Waals surface area contributed by atoms with E-state index in [4.69, 9.17) is 0 Å². The number of H-pyrrole nitrogens is 1. The first-order valence-corrected chi connectivity index (χ1v) is 5.90. The molecule has 2 heterocycles. The predicted octanol–water partition coefficient (Wildman–Crippen LogP) is 4.33. The lowest BCUT2D eigenvalue weighted by Gasteiger charge is -2.11. The summed E-state index contributed by atoms with van der Waals surface area (Å²) in [5.41, 5.74) is 1.09. The molecule has 0 aliphatic rings. The van der Waals surface area contributed by atoms with Crippen LogP contribution < -0.4 is 5.32 Å². The normalized spacial score (nSPS) is 11.8. The number of nitrogens with one attached hydrogen (secondary N) is 2. The number of hydrogen-bond acceptors (Lipinski definition) is 2. The molecule has 2 N–H and O–H groups in total. The molecule has 0 aliphatic carbocycles. The number of anilines is 2. The largest absolute Gasteiger partial charge is 0.416 e. The quantitative estimate of drug-likeness (QED) is 0.732. The van der Waals surface area contributed by atoms with Crippen LogP contribution in [0.15, 0.2) is 48.8 Å². The zero-order valence-corrected chi connectivity index (χ0v) is 10.2. The van der Waals surface area contributed by atoms with Gasteiger partial charge in [0.2, 0.25) is 0 Å². The van der Waals surface area contributed by atoms with E-state index in [9.17, 15) is 13.2 Å². The number of halogens is 3. The summed E-state index contributed by atoms with van der Waals surface area (Å²) >= 11 is 0. The minimum Gasteiger partial charge on any atom is -0.355 e. The van der Waals surface area contributed by atoms with E-state index in [0.29, 0.717) is 17.0 Å². The Bertz CT molecular complexity index is 747. The van der Waals surface area contributed by atoms with Crippen LogP contribution in [0, 0.1) is 0 Å². The highest BCUT2D eigenvalue weighted by atomic mass is 19.4. The Labute approximate surface area is 112 Å². The number of hydrogen-bond donors (Lipinski definition) is 2. The van der Waals surface area contributed by atoms with Crippen molar-refractivity contribution in [1.29, 1.82) is 0 Å². The van der Waals surface area contributed by atoms with Crippen LogP contribution in [0.5, 0.6) is 0 Å². The molecule has 1 aromatic carbocycles. The van der Waals surface area contributed by atoms with Crippen molar-refractivity contribution in [2.24, 2.45) is 0 Å². The smallest absolute Gasteiger partial charge is 0.355 e. The minimum atomic E-state index is -4.35. The number of alkyl halides is 3. The molecular weight excluding hydrogens is 267 g/mol. The molecule has 0 bridgehead atoms. The molecule has 0 radical (unpaired) electrons. The summed E-state index contributed by atoms with van der Waals surface area (Å²) in [6.45, 7) is 0. The van der Waals surface area contributed by atoms with Crippen molar-refractivity contribution >= 4 is 22.4 Å².